The SMILES string of the molecule is O=C(O)NC1Cc2cccc(Br)c2C1. The third-order valence-electron chi connectivity index (χ3n) is 2.46. The number of rotatable bonds is 1. The van der Waals surface area contributed by atoms with Gasteiger partial charge in [0.1, 0.15) is 0 Å². The Morgan fingerprint density at radius 3 is 2.93 bits per heavy atom. The zero-order valence-electron chi connectivity index (χ0n) is 7.46. The van der Waals surface area contributed by atoms with Crippen LogP contribution in [-0.2, 0) is 12.8 Å². The van der Waals surface area contributed by atoms with Gasteiger partial charge in [-0.3, -0.25) is 0 Å². The van der Waals surface area contributed by atoms with Gasteiger partial charge in [-0.15, -0.1) is 0 Å². The first-order chi connectivity index (χ1) is 6.66. The van der Waals surface area contributed by atoms with Gasteiger partial charge in [-0.1, -0.05) is 28.1 Å². The number of hydrogen-bond donors (Lipinski definition) is 2. The monoisotopic (exact) mass is 255 g/mol. The van der Waals surface area contributed by atoms with Gasteiger partial charge in [-0.25, -0.2) is 4.79 Å². The maximum Gasteiger partial charge on any atom is 0.404 e. The standard InChI is InChI=1S/C10H10BrNO2/c11-9-3-1-2-6-4-7(5-8(6)9)12-10(13)14/h1-3,7,12H,4-5H2,(H,13,14). The minimum Gasteiger partial charge on any atom is -0.465 e. The van der Waals surface area contributed by atoms with Crippen molar-refractivity contribution in [2.45, 2.75) is 18.9 Å². The molecule has 1 aromatic carbocycles. The zero-order chi connectivity index (χ0) is 10.1. The van der Waals surface area contributed by atoms with E-state index >= 15 is 0 Å². The van der Waals surface area contributed by atoms with E-state index in [0.717, 1.165) is 17.3 Å². The second-order valence-electron chi connectivity index (χ2n) is 3.43. The summed E-state index contributed by atoms with van der Waals surface area (Å²) in [7, 11) is 0. The Balaban J connectivity index is 2.18. The molecule has 0 bridgehead atoms. The average molecular weight is 256 g/mol. The van der Waals surface area contributed by atoms with Gasteiger partial charge >= 0.3 is 6.09 Å². The number of fused-ring (bicyclic) bond motifs is 1. The van der Waals surface area contributed by atoms with Gasteiger partial charge in [-0.2, -0.15) is 0 Å². The maximum absolute atomic E-state index is 10.5. The van der Waals surface area contributed by atoms with Crippen molar-refractivity contribution in [3.63, 3.8) is 0 Å². The Labute approximate surface area is 90.3 Å². The number of halogens is 1. The highest BCUT2D eigenvalue weighted by Gasteiger charge is 2.23. The Kier molecular flexibility index (Phi) is 2.46. The molecule has 0 heterocycles. The number of nitrogens with one attached hydrogen (secondary N) is 1. The molecule has 2 N–H and O–H groups in total. The maximum atomic E-state index is 10.5. The first kappa shape index (κ1) is 9.52. The molecule has 0 fully saturated rings. The first-order valence-electron chi connectivity index (χ1n) is 4.42. The zero-order valence-corrected chi connectivity index (χ0v) is 9.04. The summed E-state index contributed by atoms with van der Waals surface area (Å²) in [5.41, 5.74) is 2.46. The van der Waals surface area contributed by atoms with Crippen LogP contribution < -0.4 is 5.32 Å². The molecule has 2 rings (SSSR count). The van der Waals surface area contributed by atoms with Gasteiger partial charge in [0.15, 0.2) is 0 Å². The Bertz CT molecular complexity index is 378. The van der Waals surface area contributed by atoms with E-state index in [1.54, 1.807) is 0 Å². The van der Waals surface area contributed by atoms with Crippen molar-refractivity contribution < 1.29 is 9.90 Å². The molecular weight excluding hydrogens is 246 g/mol. The summed E-state index contributed by atoms with van der Waals surface area (Å²) >= 11 is 3.47. The fourth-order valence-corrected chi connectivity index (χ4v) is 2.45. The highest BCUT2D eigenvalue weighted by atomic mass is 79.9. The fourth-order valence-electron chi connectivity index (χ4n) is 1.88. The van der Waals surface area contributed by atoms with Gasteiger partial charge in [0.05, 0.1) is 0 Å². The van der Waals surface area contributed by atoms with Crippen LogP contribution in [0, 0.1) is 0 Å². The summed E-state index contributed by atoms with van der Waals surface area (Å²) in [6.45, 7) is 0. The summed E-state index contributed by atoms with van der Waals surface area (Å²) in [6.07, 6.45) is 0.628. The van der Waals surface area contributed by atoms with E-state index in [9.17, 15) is 4.79 Å². The molecule has 74 valence electrons. The molecule has 1 aromatic rings. The van der Waals surface area contributed by atoms with Crippen LogP contribution in [0.4, 0.5) is 4.79 Å². The minimum atomic E-state index is -0.945. The highest BCUT2D eigenvalue weighted by molar-refractivity contribution is 9.10. The lowest BCUT2D eigenvalue weighted by molar-refractivity contribution is 0.190. The molecule has 1 atom stereocenters. The molecule has 0 spiro atoms. The molecule has 0 radical (unpaired) electrons. The highest BCUT2D eigenvalue weighted by Crippen LogP contribution is 2.28. The van der Waals surface area contributed by atoms with Crippen LogP contribution in [0.3, 0.4) is 0 Å². The summed E-state index contributed by atoms with van der Waals surface area (Å²) in [6, 6.07) is 6.04. The second kappa shape index (κ2) is 3.61. The molecule has 0 aromatic heterocycles. The fraction of sp³-hybridized carbons (Fsp3) is 0.300. The topological polar surface area (TPSA) is 49.3 Å². The first-order valence-corrected chi connectivity index (χ1v) is 5.22. The number of hydrogen-bond acceptors (Lipinski definition) is 1. The quantitative estimate of drug-likeness (QED) is 0.809. The predicted octanol–water partition coefficient (Wildman–Crippen LogP) is 2.18. The van der Waals surface area contributed by atoms with E-state index in [1.165, 1.54) is 11.1 Å². The molecule has 0 saturated heterocycles. The Morgan fingerprint density at radius 2 is 2.29 bits per heavy atom. The third-order valence-corrected chi connectivity index (χ3v) is 3.20. The van der Waals surface area contributed by atoms with E-state index in [-0.39, 0.29) is 6.04 Å². The van der Waals surface area contributed by atoms with Crippen molar-refractivity contribution >= 4 is 22.0 Å². The molecule has 0 saturated carbocycles. The van der Waals surface area contributed by atoms with Crippen LogP contribution in [0.25, 0.3) is 0 Å². The summed E-state index contributed by atoms with van der Waals surface area (Å²) in [4.78, 5) is 10.5. The summed E-state index contributed by atoms with van der Waals surface area (Å²) in [5.74, 6) is 0. The largest absolute Gasteiger partial charge is 0.465 e. The normalized spacial score (nSPS) is 19.1. The van der Waals surface area contributed by atoms with Crippen molar-refractivity contribution in [3.05, 3.63) is 33.8 Å². The van der Waals surface area contributed by atoms with Gasteiger partial charge in [0, 0.05) is 10.5 Å². The number of carboxylic acid groups (broad SMARTS) is 1. The average Bonchev–Trinajstić information content (AvgIpc) is 2.47. The molecular formula is C10H10BrNO2. The van der Waals surface area contributed by atoms with Gasteiger partial charge in [0.2, 0.25) is 0 Å². The molecule has 1 aliphatic rings. The van der Waals surface area contributed by atoms with E-state index < -0.39 is 6.09 Å². The van der Waals surface area contributed by atoms with Crippen LogP contribution in [0.2, 0.25) is 0 Å². The number of benzene rings is 1. The second-order valence-corrected chi connectivity index (χ2v) is 4.29. The number of amides is 1. The molecule has 1 amide bonds. The van der Waals surface area contributed by atoms with Crippen molar-refractivity contribution in [1.82, 2.24) is 5.32 Å². The molecule has 14 heavy (non-hydrogen) atoms. The third kappa shape index (κ3) is 1.75. The van der Waals surface area contributed by atoms with Crippen LogP contribution in [0.5, 0.6) is 0 Å². The summed E-state index contributed by atoms with van der Waals surface area (Å²) in [5, 5.41) is 11.1. The lowest BCUT2D eigenvalue weighted by Crippen LogP contribution is -2.33. The van der Waals surface area contributed by atoms with Crippen molar-refractivity contribution in [3.8, 4) is 0 Å². The van der Waals surface area contributed by atoms with E-state index in [1.807, 2.05) is 18.2 Å². The Morgan fingerprint density at radius 1 is 1.50 bits per heavy atom. The van der Waals surface area contributed by atoms with Crippen molar-refractivity contribution in [1.29, 1.82) is 0 Å². The van der Waals surface area contributed by atoms with E-state index in [0.29, 0.717) is 0 Å². The van der Waals surface area contributed by atoms with E-state index in [2.05, 4.69) is 21.2 Å². The van der Waals surface area contributed by atoms with E-state index in [4.69, 9.17) is 5.11 Å². The smallest absolute Gasteiger partial charge is 0.404 e. The van der Waals surface area contributed by atoms with Gasteiger partial charge in [-0.05, 0) is 30.0 Å². The predicted molar refractivity (Wildman–Crippen MR) is 56.5 cm³/mol. The van der Waals surface area contributed by atoms with Gasteiger partial charge in [0.25, 0.3) is 0 Å². The Hall–Kier alpha value is -1.03. The van der Waals surface area contributed by atoms with Crippen LogP contribution in [0.1, 0.15) is 11.1 Å². The molecule has 4 heteroatoms. The lowest BCUT2D eigenvalue weighted by Gasteiger charge is -2.07. The molecule has 0 aliphatic heterocycles. The van der Waals surface area contributed by atoms with Crippen LogP contribution >= 0.6 is 15.9 Å². The lowest BCUT2D eigenvalue weighted by atomic mass is 10.1. The van der Waals surface area contributed by atoms with Gasteiger partial charge < -0.3 is 10.4 Å². The summed E-state index contributed by atoms with van der Waals surface area (Å²) < 4.78 is 1.07. The molecule has 3 nitrogen and oxygen atoms in total. The van der Waals surface area contributed by atoms with Crippen LogP contribution in [0.15, 0.2) is 22.7 Å². The van der Waals surface area contributed by atoms with Crippen LogP contribution in [-0.4, -0.2) is 17.2 Å². The number of carbonyl (C=O) groups is 1. The molecule has 1 unspecified atom stereocenters. The van der Waals surface area contributed by atoms with Crippen molar-refractivity contribution in [2.24, 2.45) is 0 Å². The van der Waals surface area contributed by atoms with Crippen molar-refractivity contribution in [2.75, 3.05) is 0 Å². The minimum absolute atomic E-state index is 0.0289. The molecule has 1 aliphatic carbocycles.